The zero-order valence-corrected chi connectivity index (χ0v) is 14.9. The number of carbonyl (C=O) groups excluding carboxylic acids is 2. The molecule has 3 rings (SSSR count). The third kappa shape index (κ3) is 3.98. The number of carbonyl (C=O) groups is 2. The summed E-state index contributed by atoms with van der Waals surface area (Å²) in [5.74, 6) is -0.263. The van der Waals surface area contributed by atoms with Crippen LogP contribution in [0.2, 0.25) is 0 Å². The molecule has 2 aromatic heterocycles. The minimum atomic E-state index is -0.537. The fraction of sp³-hybridized carbons (Fsp3) is 0.150. The van der Waals surface area contributed by atoms with Crippen molar-refractivity contribution < 1.29 is 18.7 Å². The van der Waals surface area contributed by atoms with E-state index in [9.17, 15) is 14.4 Å². The first-order valence-electron chi connectivity index (χ1n) is 8.24. The fourth-order valence-electron chi connectivity index (χ4n) is 2.64. The number of aryl methyl sites for hydroxylation is 1. The Morgan fingerprint density at radius 3 is 2.52 bits per heavy atom. The van der Waals surface area contributed by atoms with Crippen LogP contribution in [0.15, 0.2) is 57.7 Å². The van der Waals surface area contributed by atoms with Crippen molar-refractivity contribution in [1.82, 2.24) is 10.3 Å². The predicted molar refractivity (Wildman–Crippen MR) is 98.5 cm³/mol. The Bertz CT molecular complexity index is 1030. The maximum atomic E-state index is 12.3. The van der Waals surface area contributed by atoms with Gasteiger partial charge in [0.15, 0.2) is 0 Å². The Balaban J connectivity index is 1.72. The Morgan fingerprint density at radius 1 is 1.11 bits per heavy atom. The van der Waals surface area contributed by atoms with E-state index in [0.29, 0.717) is 22.8 Å². The van der Waals surface area contributed by atoms with Crippen molar-refractivity contribution in [3.63, 3.8) is 0 Å². The van der Waals surface area contributed by atoms with Crippen molar-refractivity contribution in [2.45, 2.75) is 13.5 Å². The molecule has 7 nitrogen and oxygen atoms in total. The van der Waals surface area contributed by atoms with Crippen molar-refractivity contribution in [2.75, 3.05) is 7.11 Å². The molecule has 138 valence electrons. The molecule has 3 aromatic rings. The summed E-state index contributed by atoms with van der Waals surface area (Å²) in [5.41, 5.74) is 1.28. The molecule has 2 heterocycles. The predicted octanol–water partition coefficient (Wildman–Crippen LogP) is 2.66. The molecule has 0 spiro atoms. The van der Waals surface area contributed by atoms with Gasteiger partial charge in [0.25, 0.3) is 11.5 Å². The van der Waals surface area contributed by atoms with Gasteiger partial charge in [0.05, 0.1) is 13.7 Å². The second-order valence-corrected chi connectivity index (χ2v) is 5.84. The van der Waals surface area contributed by atoms with Crippen LogP contribution in [0, 0.1) is 6.92 Å². The van der Waals surface area contributed by atoms with E-state index in [4.69, 9.17) is 4.42 Å². The van der Waals surface area contributed by atoms with Crippen LogP contribution >= 0.6 is 0 Å². The molecule has 0 aliphatic rings. The molecule has 0 saturated heterocycles. The number of amides is 1. The number of H-pyrrole nitrogens is 1. The molecular formula is C20H18N2O5. The summed E-state index contributed by atoms with van der Waals surface area (Å²) in [6.07, 6.45) is 0. The number of methoxy groups -OCH3 is 1. The molecule has 2 N–H and O–H groups in total. The molecule has 0 radical (unpaired) electrons. The fourth-order valence-corrected chi connectivity index (χ4v) is 2.64. The van der Waals surface area contributed by atoms with Gasteiger partial charge in [-0.05, 0) is 30.7 Å². The minimum Gasteiger partial charge on any atom is -0.465 e. The van der Waals surface area contributed by atoms with Crippen molar-refractivity contribution >= 4 is 11.9 Å². The number of hydrogen-bond donors (Lipinski definition) is 2. The molecular weight excluding hydrogens is 348 g/mol. The lowest BCUT2D eigenvalue weighted by atomic mass is 10.1. The van der Waals surface area contributed by atoms with E-state index in [1.165, 1.54) is 19.2 Å². The Morgan fingerprint density at radius 2 is 1.85 bits per heavy atom. The number of pyridine rings is 1. The summed E-state index contributed by atoms with van der Waals surface area (Å²) in [4.78, 5) is 38.8. The zero-order valence-electron chi connectivity index (χ0n) is 14.9. The maximum absolute atomic E-state index is 12.3. The number of aromatic nitrogens is 1. The highest BCUT2D eigenvalue weighted by Gasteiger charge is 2.17. The Labute approximate surface area is 155 Å². The quantitative estimate of drug-likeness (QED) is 0.676. The summed E-state index contributed by atoms with van der Waals surface area (Å²) in [7, 11) is 1.28. The van der Waals surface area contributed by atoms with E-state index in [2.05, 4.69) is 15.0 Å². The number of rotatable bonds is 5. The molecule has 0 atom stereocenters. The SMILES string of the molecule is COC(=O)c1cc(CNC(=O)c2ccc(-c3ccccc3)[nH]c2=O)oc1C. The van der Waals surface area contributed by atoms with Crippen LogP contribution in [0.1, 0.15) is 32.2 Å². The second-order valence-electron chi connectivity index (χ2n) is 5.84. The Kier molecular flexibility index (Phi) is 5.21. The molecule has 0 fully saturated rings. The van der Waals surface area contributed by atoms with E-state index >= 15 is 0 Å². The van der Waals surface area contributed by atoms with E-state index in [1.807, 2.05) is 30.3 Å². The monoisotopic (exact) mass is 366 g/mol. The number of hydrogen-bond acceptors (Lipinski definition) is 5. The van der Waals surface area contributed by atoms with Gasteiger partial charge in [0.2, 0.25) is 0 Å². The van der Waals surface area contributed by atoms with Gasteiger partial charge in [-0.15, -0.1) is 0 Å². The molecule has 1 aromatic carbocycles. The van der Waals surface area contributed by atoms with Gasteiger partial charge < -0.3 is 19.5 Å². The van der Waals surface area contributed by atoms with Crippen molar-refractivity contribution in [3.8, 4) is 11.3 Å². The van der Waals surface area contributed by atoms with Gasteiger partial charge >= 0.3 is 5.97 Å². The Hall–Kier alpha value is -3.61. The van der Waals surface area contributed by atoms with Crippen LogP contribution in [0.5, 0.6) is 0 Å². The summed E-state index contributed by atoms with van der Waals surface area (Å²) < 4.78 is 10.1. The summed E-state index contributed by atoms with van der Waals surface area (Å²) >= 11 is 0. The maximum Gasteiger partial charge on any atom is 0.341 e. The van der Waals surface area contributed by atoms with Gasteiger partial charge in [-0.2, -0.15) is 0 Å². The number of ether oxygens (including phenoxy) is 1. The summed E-state index contributed by atoms with van der Waals surface area (Å²) in [5, 5.41) is 2.61. The highest BCUT2D eigenvalue weighted by atomic mass is 16.5. The van der Waals surface area contributed by atoms with Gasteiger partial charge in [0, 0.05) is 5.69 Å². The summed E-state index contributed by atoms with van der Waals surface area (Å²) in [6, 6.07) is 14.0. The lowest BCUT2D eigenvalue weighted by molar-refractivity contribution is 0.0598. The third-order valence-electron chi connectivity index (χ3n) is 4.04. The molecule has 7 heteroatoms. The van der Waals surface area contributed by atoms with Crippen LogP contribution in [-0.2, 0) is 11.3 Å². The largest absolute Gasteiger partial charge is 0.465 e. The van der Waals surface area contributed by atoms with Gasteiger partial charge in [-0.25, -0.2) is 4.79 Å². The molecule has 0 unspecified atom stereocenters. The first kappa shape index (κ1) is 18.2. The number of furan rings is 1. The van der Waals surface area contributed by atoms with E-state index in [1.54, 1.807) is 13.0 Å². The van der Waals surface area contributed by atoms with Crippen LogP contribution in [0.25, 0.3) is 11.3 Å². The first-order chi connectivity index (χ1) is 13.0. The number of esters is 1. The average Bonchev–Trinajstić information content (AvgIpc) is 3.06. The van der Waals surface area contributed by atoms with Gasteiger partial charge in [-0.1, -0.05) is 30.3 Å². The molecule has 1 amide bonds. The highest BCUT2D eigenvalue weighted by molar-refractivity contribution is 5.94. The topological polar surface area (TPSA) is 101 Å². The third-order valence-corrected chi connectivity index (χ3v) is 4.04. The van der Waals surface area contributed by atoms with Crippen LogP contribution in [0.4, 0.5) is 0 Å². The molecule has 0 saturated carbocycles. The van der Waals surface area contributed by atoms with Crippen molar-refractivity contribution in [2.24, 2.45) is 0 Å². The zero-order chi connectivity index (χ0) is 19.4. The van der Waals surface area contributed by atoms with Crippen LogP contribution < -0.4 is 10.9 Å². The van der Waals surface area contributed by atoms with Gasteiger partial charge in [0.1, 0.15) is 22.6 Å². The van der Waals surface area contributed by atoms with Crippen molar-refractivity contribution in [3.05, 3.63) is 81.5 Å². The number of aromatic amines is 1. The van der Waals surface area contributed by atoms with Crippen LogP contribution in [-0.4, -0.2) is 24.0 Å². The van der Waals surface area contributed by atoms with Gasteiger partial charge in [-0.3, -0.25) is 9.59 Å². The lowest BCUT2D eigenvalue weighted by Crippen LogP contribution is -2.29. The summed E-state index contributed by atoms with van der Waals surface area (Å²) in [6.45, 7) is 1.67. The molecule has 0 aliphatic carbocycles. The van der Waals surface area contributed by atoms with Crippen molar-refractivity contribution in [1.29, 1.82) is 0 Å². The number of nitrogens with one attached hydrogen (secondary N) is 2. The number of benzene rings is 1. The molecule has 0 aliphatic heterocycles. The minimum absolute atomic E-state index is 0.00819. The highest BCUT2D eigenvalue weighted by Crippen LogP contribution is 2.16. The van der Waals surface area contributed by atoms with Crippen LogP contribution in [0.3, 0.4) is 0 Å². The molecule has 27 heavy (non-hydrogen) atoms. The van der Waals surface area contributed by atoms with E-state index < -0.39 is 17.4 Å². The second kappa shape index (κ2) is 7.74. The average molecular weight is 366 g/mol. The first-order valence-corrected chi connectivity index (χ1v) is 8.24. The molecule has 0 bridgehead atoms. The van der Waals surface area contributed by atoms with E-state index in [0.717, 1.165) is 5.56 Å². The normalized spacial score (nSPS) is 10.4. The van der Waals surface area contributed by atoms with E-state index in [-0.39, 0.29) is 12.1 Å². The standard InChI is InChI=1S/C20H18N2O5/c1-12-16(20(25)26-2)10-14(27-12)11-21-18(23)15-8-9-17(22-19(15)24)13-6-4-3-5-7-13/h3-10H,11H2,1-2H3,(H,21,23)(H,22,24). The lowest BCUT2D eigenvalue weighted by Gasteiger charge is -2.05. The smallest absolute Gasteiger partial charge is 0.341 e.